The van der Waals surface area contributed by atoms with Gasteiger partial charge in [-0.2, -0.15) is 4.98 Å². The summed E-state index contributed by atoms with van der Waals surface area (Å²) in [6, 6.07) is -0.0400. The molecule has 1 heterocycles. The second-order valence-electron chi connectivity index (χ2n) is 3.49. The first-order valence-electron chi connectivity index (χ1n) is 4.59. The fourth-order valence-electron chi connectivity index (χ4n) is 1.32. The Kier molecular flexibility index (Phi) is 2.18. The van der Waals surface area contributed by atoms with Crippen LogP contribution in [0, 0.1) is 0 Å². The van der Waals surface area contributed by atoms with Gasteiger partial charge >= 0.3 is 12.0 Å². The van der Waals surface area contributed by atoms with Crippen LogP contribution in [-0.2, 0) is 4.79 Å². The molecule has 6 heteroatoms. The van der Waals surface area contributed by atoms with E-state index in [4.69, 9.17) is 9.52 Å². The topological polar surface area (TPSA) is 92.4 Å². The molecule has 0 aliphatic heterocycles. The zero-order valence-corrected chi connectivity index (χ0v) is 8.11. The van der Waals surface area contributed by atoms with Gasteiger partial charge in [-0.1, -0.05) is 0 Å². The second-order valence-corrected chi connectivity index (χ2v) is 3.49. The van der Waals surface area contributed by atoms with E-state index in [9.17, 15) is 9.59 Å². The molecule has 0 saturated heterocycles. The zero-order chi connectivity index (χ0) is 11.0. The highest BCUT2D eigenvalue weighted by Crippen LogP contribution is 2.41. The van der Waals surface area contributed by atoms with Crippen LogP contribution in [-0.4, -0.2) is 22.0 Å². The second kappa shape index (κ2) is 3.38. The number of hydrogen-bond acceptors (Lipinski definition) is 4. The molecular formula is C9H10N2O4. The molecule has 1 aromatic heterocycles. The average Bonchev–Trinajstić information content (AvgIpc) is 2.87. The van der Waals surface area contributed by atoms with Gasteiger partial charge in [-0.25, -0.2) is 4.79 Å². The summed E-state index contributed by atoms with van der Waals surface area (Å²) in [6.45, 7) is 1.31. The number of aromatic carboxylic acids is 1. The minimum atomic E-state index is -1.15. The molecular weight excluding hydrogens is 200 g/mol. The molecule has 0 aromatic carbocycles. The van der Waals surface area contributed by atoms with Crippen molar-refractivity contribution >= 4 is 17.9 Å². The number of nitrogens with one attached hydrogen (secondary N) is 1. The summed E-state index contributed by atoms with van der Waals surface area (Å²) in [6.07, 6.45) is 1.85. The van der Waals surface area contributed by atoms with Crippen LogP contribution >= 0.6 is 0 Å². The Morgan fingerprint density at radius 3 is 2.67 bits per heavy atom. The van der Waals surface area contributed by atoms with Gasteiger partial charge < -0.3 is 9.52 Å². The first-order chi connectivity index (χ1) is 7.08. The van der Waals surface area contributed by atoms with Crippen molar-refractivity contribution in [1.82, 2.24) is 4.98 Å². The van der Waals surface area contributed by atoms with Crippen molar-refractivity contribution in [1.29, 1.82) is 0 Å². The summed E-state index contributed by atoms with van der Waals surface area (Å²) in [4.78, 5) is 25.5. The minimum absolute atomic E-state index is 0.0400. The average molecular weight is 210 g/mol. The van der Waals surface area contributed by atoms with E-state index in [0.717, 1.165) is 12.8 Å². The number of carbonyl (C=O) groups excluding carboxylic acids is 1. The van der Waals surface area contributed by atoms with E-state index in [-0.39, 0.29) is 23.6 Å². The van der Waals surface area contributed by atoms with Gasteiger partial charge in [0.1, 0.15) is 0 Å². The number of oxazole rings is 1. The van der Waals surface area contributed by atoms with Crippen molar-refractivity contribution < 1.29 is 19.1 Å². The number of carboxylic acid groups (broad SMARTS) is 1. The Balaban J connectivity index is 2.31. The minimum Gasteiger partial charge on any atom is -0.475 e. The number of anilines is 1. The monoisotopic (exact) mass is 210 g/mol. The molecule has 6 nitrogen and oxygen atoms in total. The Morgan fingerprint density at radius 2 is 2.20 bits per heavy atom. The van der Waals surface area contributed by atoms with Crippen LogP contribution in [0.2, 0.25) is 0 Å². The third kappa shape index (κ3) is 1.98. The van der Waals surface area contributed by atoms with Gasteiger partial charge in [-0.15, -0.1) is 0 Å². The predicted octanol–water partition coefficient (Wildman–Crippen LogP) is 1.21. The molecule has 80 valence electrons. The van der Waals surface area contributed by atoms with Gasteiger partial charge in [0.15, 0.2) is 0 Å². The number of amides is 1. The van der Waals surface area contributed by atoms with Gasteiger partial charge in [0.2, 0.25) is 11.7 Å². The smallest absolute Gasteiger partial charge is 0.373 e. The third-order valence-corrected chi connectivity index (χ3v) is 2.09. The largest absolute Gasteiger partial charge is 0.475 e. The molecule has 1 aromatic rings. The van der Waals surface area contributed by atoms with E-state index < -0.39 is 5.97 Å². The van der Waals surface area contributed by atoms with E-state index in [1.54, 1.807) is 0 Å². The SMILES string of the molecule is CC(=O)Nc1nc(C2CC2)c(C(=O)O)o1. The number of carbonyl (C=O) groups is 2. The summed E-state index contributed by atoms with van der Waals surface area (Å²) in [5.74, 6) is -1.49. The molecule has 0 radical (unpaired) electrons. The fraction of sp³-hybridized carbons (Fsp3) is 0.444. The maximum absolute atomic E-state index is 10.8. The number of carboxylic acids is 1. The summed E-state index contributed by atoms with van der Waals surface area (Å²) in [5, 5.41) is 11.2. The van der Waals surface area contributed by atoms with Crippen molar-refractivity contribution in [3.8, 4) is 0 Å². The predicted molar refractivity (Wildman–Crippen MR) is 49.7 cm³/mol. The van der Waals surface area contributed by atoms with E-state index in [2.05, 4.69) is 10.3 Å². The summed E-state index contributed by atoms with van der Waals surface area (Å²) in [5.41, 5.74) is 0.436. The lowest BCUT2D eigenvalue weighted by molar-refractivity contribution is -0.114. The standard InChI is InChI=1S/C9H10N2O4/c1-4(12)10-9-11-6(5-2-3-5)7(15-9)8(13)14/h5H,2-3H2,1H3,(H,13,14)(H,10,11,12). The molecule has 1 amide bonds. The van der Waals surface area contributed by atoms with E-state index in [1.807, 2.05) is 0 Å². The van der Waals surface area contributed by atoms with Crippen molar-refractivity contribution in [2.75, 3.05) is 5.32 Å². The van der Waals surface area contributed by atoms with Crippen LogP contribution in [0.15, 0.2) is 4.42 Å². The van der Waals surface area contributed by atoms with Crippen molar-refractivity contribution in [3.63, 3.8) is 0 Å². The Labute approximate surface area is 85.3 Å². The van der Waals surface area contributed by atoms with E-state index in [0.29, 0.717) is 5.69 Å². The number of hydrogen-bond donors (Lipinski definition) is 2. The lowest BCUT2D eigenvalue weighted by Gasteiger charge is -1.91. The normalized spacial score (nSPS) is 15.0. The van der Waals surface area contributed by atoms with Crippen molar-refractivity contribution in [2.24, 2.45) is 0 Å². The molecule has 0 unspecified atom stereocenters. The first-order valence-corrected chi connectivity index (χ1v) is 4.59. The van der Waals surface area contributed by atoms with Gasteiger partial charge in [-0.05, 0) is 12.8 Å². The van der Waals surface area contributed by atoms with Gasteiger partial charge in [0, 0.05) is 12.8 Å². The fourth-order valence-corrected chi connectivity index (χ4v) is 1.32. The van der Waals surface area contributed by atoms with E-state index in [1.165, 1.54) is 6.92 Å². The molecule has 1 aliphatic rings. The number of aromatic nitrogens is 1. The molecule has 1 aliphatic carbocycles. The summed E-state index contributed by atoms with van der Waals surface area (Å²) < 4.78 is 4.95. The number of rotatable bonds is 3. The quantitative estimate of drug-likeness (QED) is 0.782. The van der Waals surface area contributed by atoms with Crippen LogP contribution < -0.4 is 5.32 Å². The zero-order valence-electron chi connectivity index (χ0n) is 8.11. The molecule has 0 spiro atoms. The van der Waals surface area contributed by atoms with Crippen LogP contribution in [0.25, 0.3) is 0 Å². The van der Waals surface area contributed by atoms with Crippen LogP contribution in [0.1, 0.15) is 41.9 Å². The maximum Gasteiger partial charge on any atom is 0.373 e. The summed E-state index contributed by atoms with van der Waals surface area (Å²) >= 11 is 0. The van der Waals surface area contributed by atoms with Crippen LogP contribution in [0.3, 0.4) is 0 Å². The highest BCUT2D eigenvalue weighted by Gasteiger charge is 2.33. The highest BCUT2D eigenvalue weighted by molar-refractivity contribution is 5.89. The lowest BCUT2D eigenvalue weighted by atomic mass is 10.2. The Morgan fingerprint density at radius 1 is 1.53 bits per heavy atom. The Bertz CT molecular complexity index is 420. The first kappa shape index (κ1) is 9.70. The van der Waals surface area contributed by atoms with Gasteiger partial charge in [-0.3, -0.25) is 10.1 Å². The summed E-state index contributed by atoms with van der Waals surface area (Å²) in [7, 11) is 0. The van der Waals surface area contributed by atoms with Crippen molar-refractivity contribution in [2.45, 2.75) is 25.7 Å². The van der Waals surface area contributed by atoms with Gasteiger partial charge in [0.05, 0.1) is 5.69 Å². The lowest BCUT2D eigenvalue weighted by Crippen LogP contribution is -2.05. The molecule has 0 atom stereocenters. The van der Waals surface area contributed by atoms with Gasteiger partial charge in [0.25, 0.3) is 0 Å². The molecule has 1 saturated carbocycles. The Hall–Kier alpha value is -1.85. The van der Waals surface area contributed by atoms with Crippen LogP contribution in [0.5, 0.6) is 0 Å². The molecule has 1 fully saturated rings. The van der Waals surface area contributed by atoms with E-state index >= 15 is 0 Å². The molecule has 2 rings (SSSR count). The van der Waals surface area contributed by atoms with Crippen LogP contribution in [0.4, 0.5) is 6.01 Å². The molecule has 0 bridgehead atoms. The molecule has 15 heavy (non-hydrogen) atoms. The highest BCUT2D eigenvalue weighted by atomic mass is 16.4. The molecule has 2 N–H and O–H groups in total. The third-order valence-electron chi connectivity index (χ3n) is 2.09. The van der Waals surface area contributed by atoms with Crippen molar-refractivity contribution in [3.05, 3.63) is 11.5 Å². The number of nitrogens with zero attached hydrogens (tertiary/aromatic N) is 1. The maximum atomic E-state index is 10.8.